The van der Waals surface area contributed by atoms with Crippen LogP contribution in [0.2, 0.25) is 0 Å². The highest BCUT2D eigenvalue weighted by molar-refractivity contribution is 7.99. The molecule has 0 aromatic heterocycles. The summed E-state index contributed by atoms with van der Waals surface area (Å²) in [7, 11) is 0. The molecule has 0 fully saturated rings. The second-order valence-electron chi connectivity index (χ2n) is 4.19. The predicted molar refractivity (Wildman–Crippen MR) is 102 cm³/mol. The van der Waals surface area contributed by atoms with Gasteiger partial charge in [0.05, 0.1) is 4.90 Å². The summed E-state index contributed by atoms with van der Waals surface area (Å²) in [4.78, 5) is 9.93. The van der Waals surface area contributed by atoms with Crippen LogP contribution < -0.4 is 0 Å². The van der Waals surface area contributed by atoms with Gasteiger partial charge in [0.15, 0.2) is 0 Å². The Balaban J connectivity index is 0.00000112. The van der Waals surface area contributed by atoms with Crippen molar-refractivity contribution in [3.8, 4) is 5.75 Å². The van der Waals surface area contributed by atoms with Crippen LogP contribution in [0, 0.1) is 6.92 Å². The topological polar surface area (TPSA) is 37.3 Å². The smallest absolute Gasteiger partial charge is 0.137 e. The van der Waals surface area contributed by atoms with Gasteiger partial charge in [0.2, 0.25) is 0 Å². The van der Waals surface area contributed by atoms with E-state index < -0.39 is 0 Å². The molecule has 0 unspecified atom stereocenters. The van der Waals surface area contributed by atoms with Gasteiger partial charge in [-0.2, -0.15) is 0 Å². The molecule has 0 bridgehead atoms. The van der Waals surface area contributed by atoms with Crippen molar-refractivity contribution in [1.82, 2.24) is 0 Å². The monoisotopic (exact) mass is 328 g/mol. The minimum absolute atomic E-state index is 0.268. The molecule has 0 atom stereocenters. The van der Waals surface area contributed by atoms with Crippen LogP contribution in [0.1, 0.15) is 30.5 Å². The summed E-state index contributed by atoms with van der Waals surface area (Å²) in [6, 6.07) is 12.0. The normalized spacial score (nSPS) is 8.83. The molecule has 2 aromatic carbocycles. The van der Waals surface area contributed by atoms with Gasteiger partial charge in [0.25, 0.3) is 0 Å². The van der Waals surface area contributed by atoms with Crippen molar-refractivity contribution in [3.63, 3.8) is 0 Å². The maximum Gasteiger partial charge on any atom is 0.137 e. The Labute approximate surface area is 143 Å². The predicted octanol–water partition coefficient (Wildman–Crippen LogP) is 5.98. The number of phenols is 1. The van der Waals surface area contributed by atoms with E-state index in [0.717, 1.165) is 26.5 Å². The van der Waals surface area contributed by atoms with E-state index in [0.29, 0.717) is 0 Å². The fourth-order valence-corrected chi connectivity index (χ4v) is 2.98. The highest BCUT2D eigenvalue weighted by atomic mass is 32.2. The third-order valence-corrected chi connectivity index (χ3v) is 3.97. The maximum atomic E-state index is 10.3. The largest absolute Gasteiger partial charge is 0.506 e. The van der Waals surface area contributed by atoms with E-state index in [1.54, 1.807) is 23.9 Å². The molecule has 0 saturated carbocycles. The number of aromatic hydroxyl groups is 1. The second-order valence-corrected chi connectivity index (χ2v) is 5.31. The number of carbonyl (C=O) groups excluding carboxylic acids is 1. The standard InChI is InChI=1S/C17H16OS.C2H6.CH2O/c1-4-14-12(3)11-16(17(18)15(14)5-2)19-13-9-7-6-8-10-13;2*1-2/h4-11,18H,1-2H2,3H3;1-2H3;1H2. The summed E-state index contributed by atoms with van der Waals surface area (Å²) < 4.78 is 0. The molecule has 0 radical (unpaired) electrons. The van der Waals surface area contributed by atoms with Gasteiger partial charge in [-0.1, -0.05) is 69.1 Å². The summed E-state index contributed by atoms with van der Waals surface area (Å²) >= 11 is 1.55. The van der Waals surface area contributed by atoms with Crippen molar-refractivity contribution >= 4 is 30.7 Å². The van der Waals surface area contributed by atoms with E-state index >= 15 is 0 Å². The lowest BCUT2D eigenvalue weighted by Gasteiger charge is -2.13. The molecule has 2 rings (SSSR count). The first-order valence-corrected chi connectivity index (χ1v) is 8.12. The molecule has 0 saturated heterocycles. The number of carbonyl (C=O) groups is 1. The summed E-state index contributed by atoms with van der Waals surface area (Å²) in [5, 5.41) is 10.3. The molecule has 2 aromatic rings. The van der Waals surface area contributed by atoms with Crippen LogP contribution in [0.4, 0.5) is 0 Å². The molecule has 0 heterocycles. The Kier molecular flexibility index (Phi) is 10.2. The zero-order valence-electron chi connectivity index (χ0n) is 14.0. The average molecular weight is 328 g/mol. The zero-order chi connectivity index (χ0) is 17.8. The van der Waals surface area contributed by atoms with Gasteiger partial charge in [-0.05, 0) is 36.2 Å². The summed E-state index contributed by atoms with van der Waals surface area (Å²) in [6.45, 7) is 15.6. The van der Waals surface area contributed by atoms with Gasteiger partial charge < -0.3 is 9.90 Å². The van der Waals surface area contributed by atoms with Crippen LogP contribution in [0.3, 0.4) is 0 Å². The highest BCUT2D eigenvalue weighted by Crippen LogP contribution is 2.40. The van der Waals surface area contributed by atoms with E-state index in [1.807, 2.05) is 64.0 Å². The quantitative estimate of drug-likeness (QED) is 0.750. The molecule has 0 amide bonds. The van der Waals surface area contributed by atoms with Crippen molar-refractivity contribution < 1.29 is 9.90 Å². The molecule has 0 spiro atoms. The first-order valence-electron chi connectivity index (χ1n) is 7.30. The number of hydrogen-bond donors (Lipinski definition) is 1. The fraction of sp³-hybridized carbons (Fsp3) is 0.150. The lowest BCUT2D eigenvalue weighted by atomic mass is 10.0. The third kappa shape index (κ3) is 5.46. The van der Waals surface area contributed by atoms with E-state index in [4.69, 9.17) is 4.79 Å². The molecular weight excluding hydrogens is 304 g/mol. The van der Waals surface area contributed by atoms with Gasteiger partial charge in [-0.3, -0.25) is 0 Å². The van der Waals surface area contributed by atoms with Crippen molar-refractivity contribution in [1.29, 1.82) is 0 Å². The SMILES string of the molecule is C=Cc1c(C)cc(Sc2ccccc2)c(O)c1C=C.C=O.CC. The third-order valence-electron chi connectivity index (χ3n) is 2.93. The van der Waals surface area contributed by atoms with Crippen LogP contribution in [0.15, 0.2) is 59.3 Å². The first-order chi connectivity index (χ1) is 11.2. The van der Waals surface area contributed by atoms with Crippen LogP contribution >= 0.6 is 11.8 Å². The number of benzene rings is 2. The molecule has 0 aliphatic carbocycles. The fourth-order valence-electron chi connectivity index (χ4n) is 1.99. The van der Waals surface area contributed by atoms with E-state index in [9.17, 15) is 5.11 Å². The zero-order valence-corrected chi connectivity index (χ0v) is 14.8. The lowest BCUT2D eigenvalue weighted by Crippen LogP contribution is -1.90. The average Bonchev–Trinajstić information content (AvgIpc) is 2.62. The number of rotatable bonds is 4. The lowest BCUT2D eigenvalue weighted by molar-refractivity contribution is -0.0979. The Bertz CT molecular complexity index is 634. The highest BCUT2D eigenvalue weighted by Gasteiger charge is 2.12. The molecule has 122 valence electrons. The summed E-state index contributed by atoms with van der Waals surface area (Å²) in [5.74, 6) is 0.268. The summed E-state index contributed by atoms with van der Waals surface area (Å²) in [6.07, 6.45) is 3.43. The Morgan fingerprint density at radius 3 is 2.00 bits per heavy atom. The molecule has 0 aliphatic heterocycles. The second kappa shape index (κ2) is 11.3. The number of hydrogen-bond acceptors (Lipinski definition) is 3. The van der Waals surface area contributed by atoms with Gasteiger partial charge in [0, 0.05) is 10.5 Å². The van der Waals surface area contributed by atoms with Crippen LogP contribution in [0.5, 0.6) is 5.75 Å². The van der Waals surface area contributed by atoms with Gasteiger partial charge >= 0.3 is 0 Å². The Morgan fingerprint density at radius 2 is 1.52 bits per heavy atom. The summed E-state index contributed by atoms with van der Waals surface area (Å²) in [5.41, 5.74) is 2.76. The van der Waals surface area contributed by atoms with Crippen LogP contribution in [0.25, 0.3) is 12.2 Å². The van der Waals surface area contributed by atoms with E-state index in [-0.39, 0.29) is 5.75 Å². The molecule has 0 aliphatic rings. The molecule has 1 N–H and O–H groups in total. The van der Waals surface area contributed by atoms with Gasteiger partial charge in [-0.25, -0.2) is 0 Å². The van der Waals surface area contributed by atoms with Crippen molar-refractivity contribution in [2.24, 2.45) is 0 Å². The Morgan fingerprint density at radius 1 is 1.00 bits per heavy atom. The Hall–Kier alpha value is -2.26. The van der Waals surface area contributed by atoms with Crippen molar-refractivity contribution in [2.45, 2.75) is 30.6 Å². The van der Waals surface area contributed by atoms with Gasteiger partial charge in [-0.15, -0.1) is 0 Å². The maximum absolute atomic E-state index is 10.3. The molecule has 3 heteroatoms. The van der Waals surface area contributed by atoms with Crippen LogP contribution in [-0.4, -0.2) is 11.9 Å². The van der Waals surface area contributed by atoms with E-state index in [1.165, 1.54) is 0 Å². The van der Waals surface area contributed by atoms with E-state index in [2.05, 4.69) is 13.2 Å². The molecule has 2 nitrogen and oxygen atoms in total. The minimum Gasteiger partial charge on any atom is -0.506 e. The number of aryl methyl sites for hydroxylation is 1. The molecule has 23 heavy (non-hydrogen) atoms. The van der Waals surface area contributed by atoms with Crippen LogP contribution in [-0.2, 0) is 4.79 Å². The number of phenolic OH excluding ortho intramolecular Hbond substituents is 1. The van der Waals surface area contributed by atoms with Gasteiger partial charge in [0.1, 0.15) is 12.5 Å². The first kappa shape index (κ1) is 20.7. The van der Waals surface area contributed by atoms with Crippen molar-refractivity contribution in [2.75, 3.05) is 0 Å². The van der Waals surface area contributed by atoms with Crippen molar-refractivity contribution in [3.05, 3.63) is 66.2 Å². The minimum atomic E-state index is 0.268. The molecular formula is C20H24O2S.